The van der Waals surface area contributed by atoms with Crippen molar-refractivity contribution in [2.75, 3.05) is 13.2 Å². The van der Waals surface area contributed by atoms with Crippen molar-refractivity contribution in [1.82, 2.24) is 0 Å². The molecule has 1 aromatic carbocycles. The molecule has 0 spiro atoms. The molecule has 0 aromatic heterocycles. The minimum atomic E-state index is -0.820. The summed E-state index contributed by atoms with van der Waals surface area (Å²) < 4.78 is 10.8. The molecule has 16 heavy (non-hydrogen) atoms. The summed E-state index contributed by atoms with van der Waals surface area (Å²) in [5.41, 5.74) is 0. The number of fused-ring (bicyclic) bond motifs is 1. The first-order chi connectivity index (χ1) is 7.66. The van der Waals surface area contributed by atoms with E-state index in [1.165, 1.54) is 11.8 Å². The molecular weight excluding hydrogens is 228 g/mol. The molecule has 5 heteroatoms. The van der Waals surface area contributed by atoms with Gasteiger partial charge in [-0.15, -0.1) is 11.8 Å². The highest BCUT2D eigenvalue weighted by molar-refractivity contribution is 8.00. The van der Waals surface area contributed by atoms with Crippen LogP contribution in [0.3, 0.4) is 0 Å². The third-order valence-electron chi connectivity index (χ3n) is 2.17. The van der Waals surface area contributed by atoms with Crippen LogP contribution in [-0.4, -0.2) is 29.5 Å². The van der Waals surface area contributed by atoms with E-state index in [1.54, 1.807) is 6.92 Å². The third kappa shape index (κ3) is 2.41. The van der Waals surface area contributed by atoms with E-state index in [9.17, 15) is 4.79 Å². The van der Waals surface area contributed by atoms with Crippen molar-refractivity contribution in [3.63, 3.8) is 0 Å². The number of hydrogen-bond acceptors (Lipinski definition) is 4. The molecule has 0 saturated heterocycles. The van der Waals surface area contributed by atoms with Gasteiger partial charge in [-0.1, -0.05) is 0 Å². The average Bonchev–Trinajstić information content (AvgIpc) is 2.28. The van der Waals surface area contributed by atoms with Gasteiger partial charge in [0.25, 0.3) is 0 Å². The summed E-state index contributed by atoms with van der Waals surface area (Å²) in [5.74, 6) is 0.590. The number of carbonyl (C=O) groups is 1. The average molecular weight is 240 g/mol. The van der Waals surface area contributed by atoms with Gasteiger partial charge in [0.1, 0.15) is 18.5 Å². The third-order valence-corrected chi connectivity index (χ3v) is 3.26. The van der Waals surface area contributed by atoms with Crippen LogP contribution in [0.1, 0.15) is 6.92 Å². The second-order valence-electron chi connectivity index (χ2n) is 3.40. The first-order valence-corrected chi connectivity index (χ1v) is 5.84. The van der Waals surface area contributed by atoms with Gasteiger partial charge in [-0.3, -0.25) is 4.79 Å². The Morgan fingerprint density at radius 1 is 1.38 bits per heavy atom. The lowest BCUT2D eigenvalue weighted by Gasteiger charge is -2.19. The monoisotopic (exact) mass is 240 g/mol. The summed E-state index contributed by atoms with van der Waals surface area (Å²) in [6.45, 7) is 2.75. The summed E-state index contributed by atoms with van der Waals surface area (Å²) in [6.07, 6.45) is 0. The maximum atomic E-state index is 10.7. The molecule has 0 radical (unpaired) electrons. The van der Waals surface area contributed by atoms with Crippen molar-refractivity contribution < 1.29 is 19.4 Å². The molecule has 0 unspecified atom stereocenters. The van der Waals surface area contributed by atoms with Crippen LogP contribution in [0.2, 0.25) is 0 Å². The smallest absolute Gasteiger partial charge is 0.316 e. The highest BCUT2D eigenvalue weighted by Gasteiger charge is 2.16. The van der Waals surface area contributed by atoms with Crippen molar-refractivity contribution in [3.05, 3.63) is 18.2 Å². The molecule has 4 nitrogen and oxygen atoms in total. The van der Waals surface area contributed by atoms with Gasteiger partial charge in [-0.05, 0) is 25.1 Å². The van der Waals surface area contributed by atoms with Crippen molar-refractivity contribution in [3.8, 4) is 11.5 Å². The van der Waals surface area contributed by atoms with E-state index >= 15 is 0 Å². The van der Waals surface area contributed by atoms with Crippen LogP contribution in [0.15, 0.2) is 23.1 Å². The predicted molar refractivity (Wildman–Crippen MR) is 60.4 cm³/mol. The molecule has 2 rings (SSSR count). The molecule has 86 valence electrons. The van der Waals surface area contributed by atoms with E-state index in [4.69, 9.17) is 14.6 Å². The number of hydrogen-bond donors (Lipinski definition) is 1. The number of rotatable bonds is 3. The van der Waals surface area contributed by atoms with Gasteiger partial charge in [0.2, 0.25) is 0 Å². The van der Waals surface area contributed by atoms with E-state index in [0.29, 0.717) is 19.0 Å². The zero-order valence-electron chi connectivity index (χ0n) is 8.80. The van der Waals surface area contributed by atoms with Crippen molar-refractivity contribution >= 4 is 17.7 Å². The van der Waals surface area contributed by atoms with Gasteiger partial charge < -0.3 is 14.6 Å². The molecule has 1 atom stereocenters. The van der Waals surface area contributed by atoms with Crippen molar-refractivity contribution in [2.45, 2.75) is 17.1 Å². The van der Waals surface area contributed by atoms with Crippen LogP contribution in [0, 0.1) is 0 Å². The van der Waals surface area contributed by atoms with E-state index in [-0.39, 0.29) is 0 Å². The van der Waals surface area contributed by atoms with Crippen LogP contribution in [0.25, 0.3) is 0 Å². The zero-order chi connectivity index (χ0) is 11.5. The van der Waals surface area contributed by atoms with Crippen LogP contribution in [-0.2, 0) is 4.79 Å². The first kappa shape index (κ1) is 11.1. The molecule has 0 amide bonds. The minimum Gasteiger partial charge on any atom is -0.486 e. The Morgan fingerprint density at radius 2 is 2.06 bits per heavy atom. The second kappa shape index (κ2) is 4.65. The fraction of sp³-hybridized carbons (Fsp3) is 0.364. The molecule has 0 aliphatic carbocycles. The number of aliphatic carboxylic acids is 1. The van der Waals surface area contributed by atoms with Gasteiger partial charge in [-0.25, -0.2) is 0 Å². The van der Waals surface area contributed by atoms with E-state index in [2.05, 4.69) is 0 Å². The van der Waals surface area contributed by atoms with Gasteiger partial charge in [0, 0.05) is 4.90 Å². The van der Waals surface area contributed by atoms with E-state index in [0.717, 1.165) is 10.6 Å². The SMILES string of the molecule is C[C@@H](Sc1ccc2c(c1)OCCO2)C(=O)O. The van der Waals surface area contributed by atoms with E-state index in [1.807, 2.05) is 18.2 Å². The summed E-state index contributed by atoms with van der Waals surface area (Å²) in [4.78, 5) is 11.6. The van der Waals surface area contributed by atoms with Gasteiger partial charge in [0.05, 0.1) is 0 Å². The van der Waals surface area contributed by atoms with Crippen molar-refractivity contribution in [2.24, 2.45) is 0 Å². The summed E-state index contributed by atoms with van der Waals surface area (Å²) in [6, 6.07) is 5.47. The lowest BCUT2D eigenvalue weighted by molar-refractivity contribution is -0.136. The van der Waals surface area contributed by atoms with Crippen LogP contribution >= 0.6 is 11.8 Å². The topological polar surface area (TPSA) is 55.8 Å². The number of benzene rings is 1. The lowest BCUT2D eigenvalue weighted by Crippen LogP contribution is -2.15. The quantitative estimate of drug-likeness (QED) is 0.819. The Labute approximate surface area is 97.6 Å². The van der Waals surface area contributed by atoms with Gasteiger partial charge >= 0.3 is 5.97 Å². The number of ether oxygens (including phenoxy) is 2. The highest BCUT2D eigenvalue weighted by Crippen LogP contribution is 2.35. The molecule has 1 heterocycles. The molecule has 1 aromatic rings. The van der Waals surface area contributed by atoms with Gasteiger partial charge in [-0.2, -0.15) is 0 Å². The van der Waals surface area contributed by atoms with Crippen LogP contribution in [0.5, 0.6) is 11.5 Å². The molecule has 1 N–H and O–H groups in total. The zero-order valence-corrected chi connectivity index (χ0v) is 9.62. The van der Waals surface area contributed by atoms with Gasteiger partial charge in [0.15, 0.2) is 11.5 Å². The number of thioether (sulfide) groups is 1. The molecule has 0 fully saturated rings. The van der Waals surface area contributed by atoms with Crippen LogP contribution < -0.4 is 9.47 Å². The molecule has 1 aliphatic heterocycles. The molecule has 1 aliphatic rings. The Hall–Kier alpha value is -1.36. The Balaban J connectivity index is 2.14. The normalized spacial score (nSPS) is 15.6. The van der Waals surface area contributed by atoms with E-state index < -0.39 is 11.2 Å². The summed E-state index contributed by atoms with van der Waals surface area (Å²) in [5, 5.41) is 8.34. The first-order valence-electron chi connectivity index (χ1n) is 4.96. The molecular formula is C11H12O4S. The molecule has 0 saturated carbocycles. The van der Waals surface area contributed by atoms with Crippen LogP contribution in [0.4, 0.5) is 0 Å². The fourth-order valence-electron chi connectivity index (χ4n) is 1.35. The summed E-state index contributed by atoms with van der Waals surface area (Å²) in [7, 11) is 0. The highest BCUT2D eigenvalue weighted by atomic mass is 32.2. The van der Waals surface area contributed by atoms with Crippen molar-refractivity contribution in [1.29, 1.82) is 0 Å². The number of carboxylic acids is 1. The Morgan fingerprint density at radius 3 is 2.75 bits per heavy atom. The number of carboxylic acid groups (broad SMARTS) is 1. The maximum absolute atomic E-state index is 10.7. The summed E-state index contributed by atoms with van der Waals surface area (Å²) >= 11 is 1.29. The predicted octanol–water partition coefficient (Wildman–Crippen LogP) is 2.02. The second-order valence-corrected chi connectivity index (χ2v) is 4.82. The standard InChI is InChI=1S/C11H12O4S/c1-7(11(12)13)16-8-2-3-9-10(6-8)15-5-4-14-9/h2-3,6-7H,4-5H2,1H3,(H,12,13)/t7-/m1/s1. The maximum Gasteiger partial charge on any atom is 0.316 e. The lowest BCUT2D eigenvalue weighted by atomic mass is 10.3. The Kier molecular flexibility index (Phi) is 3.24. The largest absolute Gasteiger partial charge is 0.486 e. The molecule has 0 bridgehead atoms. The fourth-order valence-corrected chi connectivity index (χ4v) is 2.18. The minimum absolute atomic E-state index is 0.470. The Bertz CT molecular complexity index is 405.